The Morgan fingerprint density at radius 1 is 1.15 bits per heavy atom. The molecule has 4 heteroatoms. The molecule has 1 N–H and O–H groups in total. The zero-order chi connectivity index (χ0) is 13.8. The molecular formula is C16H28N2O2. The summed E-state index contributed by atoms with van der Waals surface area (Å²) >= 11 is 0. The Labute approximate surface area is 122 Å². The Hall–Kier alpha value is -0.580. The maximum Gasteiger partial charge on any atom is 0.111 e. The normalized spacial score (nSPS) is 28.8. The lowest BCUT2D eigenvalue weighted by molar-refractivity contribution is -0.0381. The van der Waals surface area contributed by atoms with Crippen molar-refractivity contribution in [1.29, 1.82) is 0 Å². The molecular weight excluding hydrogens is 252 g/mol. The third-order valence-corrected chi connectivity index (χ3v) is 5.18. The summed E-state index contributed by atoms with van der Waals surface area (Å²) in [5, 5.41) is 3.58. The van der Waals surface area contributed by atoms with Gasteiger partial charge in [0.25, 0.3) is 0 Å². The molecule has 1 saturated carbocycles. The van der Waals surface area contributed by atoms with Gasteiger partial charge in [0.05, 0.1) is 25.9 Å². The van der Waals surface area contributed by atoms with Gasteiger partial charge < -0.3 is 14.8 Å². The molecule has 1 unspecified atom stereocenters. The van der Waals surface area contributed by atoms with E-state index in [2.05, 4.69) is 23.3 Å². The van der Waals surface area contributed by atoms with E-state index in [1.807, 2.05) is 0 Å². The number of likely N-dealkylation sites (N-methyl/N-ethyl adjacent to an activating group) is 1. The van der Waals surface area contributed by atoms with E-state index in [-0.39, 0.29) is 5.54 Å². The molecule has 0 amide bonds. The first-order valence-corrected chi connectivity index (χ1v) is 8.20. The summed E-state index contributed by atoms with van der Waals surface area (Å²) in [5.41, 5.74) is 0.238. The smallest absolute Gasteiger partial charge is 0.111 e. The summed E-state index contributed by atoms with van der Waals surface area (Å²) in [6, 6.07) is 0.336. The second-order valence-electron chi connectivity index (χ2n) is 6.23. The van der Waals surface area contributed by atoms with E-state index in [9.17, 15) is 0 Å². The lowest BCUT2D eigenvalue weighted by Gasteiger charge is -2.48. The van der Waals surface area contributed by atoms with Crippen molar-refractivity contribution in [2.75, 3.05) is 40.0 Å². The average molecular weight is 280 g/mol. The number of ether oxygens (including phenoxy) is 2. The van der Waals surface area contributed by atoms with Crippen LogP contribution in [0.4, 0.5) is 0 Å². The summed E-state index contributed by atoms with van der Waals surface area (Å²) in [7, 11) is 2.09. The SMILES string of the molecule is CNC(C1=CCCCO1)C1(N2CCOCC2)CCCC1. The van der Waals surface area contributed by atoms with Gasteiger partial charge in [-0.05, 0) is 38.8 Å². The first kappa shape index (κ1) is 14.4. The van der Waals surface area contributed by atoms with Gasteiger partial charge in [-0.3, -0.25) is 4.90 Å². The van der Waals surface area contributed by atoms with E-state index in [0.29, 0.717) is 6.04 Å². The Morgan fingerprint density at radius 2 is 1.90 bits per heavy atom. The van der Waals surface area contributed by atoms with Crippen molar-refractivity contribution in [2.45, 2.75) is 50.1 Å². The van der Waals surface area contributed by atoms with Crippen LogP contribution in [0, 0.1) is 0 Å². The van der Waals surface area contributed by atoms with Crippen LogP contribution in [0.5, 0.6) is 0 Å². The summed E-state index contributed by atoms with van der Waals surface area (Å²) < 4.78 is 11.6. The zero-order valence-corrected chi connectivity index (χ0v) is 12.7. The maximum absolute atomic E-state index is 6.00. The monoisotopic (exact) mass is 280 g/mol. The molecule has 2 heterocycles. The number of hydrogen-bond acceptors (Lipinski definition) is 4. The van der Waals surface area contributed by atoms with Crippen LogP contribution in [-0.4, -0.2) is 56.4 Å². The topological polar surface area (TPSA) is 33.7 Å². The molecule has 1 saturated heterocycles. The lowest BCUT2D eigenvalue weighted by atomic mass is 9.83. The summed E-state index contributed by atoms with van der Waals surface area (Å²) in [5.74, 6) is 1.19. The zero-order valence-electron chi connectivity index (χ0n) is 12.7. The Morgan fingerprint density at radius 3 is 2.50 bits per heavy atom. The first-order chi connectivity index (χ1) is 9.87. The highest BCUT2D eigenvalue weighted by molar-refractivity contribution is 5.18. The van der Waals surface area contributed by atoms with Crippen molar-refractivity contribution in [1.82, 2.24) is 10.2 Å². The van der Waals surface area contributed by atoms with E-state index in [1.54, 1.807) is 0 Å². The number of allylic oxidation sites excluding steroid dienone is 1. The molecule has 0 spiro atoms. The van der Waals surface area contributed by atoms with Crippen molar-refractivity contribution in [3.8, 4) is 0 Å². The summed E-state index contributed by atoms with van der Waals surface area (Å²) in [6.07, 6.45) is 9.85. The molecule has 1 atom stereocenters. The van der Waals surface area contributed by atoms with E-state index in [4.69, 9.17) is 9.47 Å². The minimum atomic E-state index is 0.238. The predicted molar refractivity (Wildman–Crippen MR) is 79.7 cm³/mol. The van der Waals surface area contributed by atoms with Gasteiger partial charge in [0, 0.05) is 18.6 Å². The van der Waals surface area contributed by atoms with E-state index < -0.39 is 0 Å². The van der Waals surface area contributed by atoms with Crippen molar-refractivity contribution in [3.05, 3.63) is 11.8 Å². The number of nitrogens with one attached hydrogen (secondary N) is 1. The molecule has 20 heavy (non-hydrogen) atoms. The van der Waals surface area contributed by atoms with E-state index in [0.717, 1.165) is 45.8 Å². The van der Waals surface area contributed by atoms with Gasteiger partial charge in [-0.15, -0.1) is 0 Å². The molecule has 0 aromatic rings. The molecule has 0 bridgehead atoms. The summed E-state index contributed by atoms with van der Waals surface area (Å²) in [6.45, 7) is 4.75. The molecule has 3 aliphatic rings. The second kappa shape index (κ2) is 6.46. The van der Waals surface area contributed by atoms with E-state index in [1.165, 1.54) is 31.4 Å². The number of nitrogens with zero attached hydrogens (tertiary/aromatic N) is 1. The number of hydrogen-bond donors (Lipinski definition) is 1. The fraction of sp³-hybridized carbons (Fsp3) is 0.875. The fourth-order valence-electron chi connectivity index (χ4n) is 4.24. The first-order valence-electron chi connectivity index (χ1n) is 8.20. The second-order valence-corrected chi connectivity index (χ2v) is 6.23. The van der Waals surface area contributed by atoms with Gasteiger partial charge >= 0.3 is 0 Å². The van der Waals surface area contributed by atoms with Crippen LogP contribution < -0.4 is 5.32 Å². The van der Waals surface area contributed by atoms with Gasteiger partial charge in [-0.2, -0.15) is 0 Å². The van der Waals surface area contributed by atoms with Crippen molar-refractivity contribution in [2.24, 2.45) is 0 Å². The summed E-state index contributed by atoms with van der Waals surface area (Å²) in [4.78, 5) is 2.67. The molecule has 2 fully saturated rings. The lowest BCUT2D eigenvalue weighted by Crippen LogP contribution is -2.62. The van der Waals surface area contributed by atoms with Gasteiger partial charge in [-0.1, -0.05) is 12.8 Å². The number of rotatable bonds is 4. The molecule has 0 radical (unpaired) electrons. The molecule has 1 aliphatic carbocycles. The fourth-order valence-corrected chi connectivity index (χ4v) is 4.24. The standard InChI is InChI=1S/C16H28N2O2/c1-17-15(14-6-2-5-11-20-14)16(7-3-4-8-16)18-9-12-19-13-10-18/h6,15,17H,2-5,7-13H2,1H3. The minimum absolute atomic E-state index is 0.238. The Bertz CT molecular complexity index is 344. The predicted octanol–water partition coefficient (Wildman–Crippen LogP) is 1.91. The van der Waals surface area contributed by atoms with Crippen molar-refractivity contribution < 1.29 is 9.47 Å². The average Bonchev–Trinajstić information content (AvgIpc) is 3.01. The highest BCUT2D eigenvalue weighted by atomic mass is 16.5. The third-order valence-electron chi connectivity index (χ3n) is 5.18. The highest BCUT2D eigenvalue weighted by Crippen LogP contribution is 2.41. The molecule has 4 nitrogen and oxygen atoms in total. The highest BCUT2D eigenvalue weighted by Gasteiger charge is 2.47. The van der Waals surface area contributed by atoms with Crippen LogP contribution in [0.2, 0.25) is 0 Å². The maximum atomic E-state index is 6.00. The molecule has 0 aromatic carbocycles. The Balaban J connectivity index is 1.85. The van der Waals surface area contributed by atoms with E-state index >= 15 is 0 Å². The number of morpholine rings is 1. The van der Waals surface area contributed by atoms with Crippen molar-refractivity contribution in [3.63, 3.8) is 0 Å². The molecule has 0 aromatic heterocycles. The van der Waals surface area contributed by atoms with Gasteiger partial charge in [0.1, 0.15) is 5.76 Å². The van der Waals surface area contributed by atoms with Crippen LogP contribution in [-0.2, 0) is 9.47 Å². The molecule has 3 rings (SSSR count). The minimum Gasteiger partial charge on any atom is -0.497 e. The third kappa shape index (κ3) is 2.61. The molecule has 2 aliphatic heterocycles. The quantitative estimate of drug-likeness (QED) is 0.853. The van der Waals surface area contributed by atoms with Gasteiger partial charge in [0.15, 0.2) is 0 Å². The van der Waals surface area contributed by atoms with Crippen molar-refractivity contribution >= 4 is 0 Å². The molecule has 114 valence electrons. The van der Waals surface area contributed by atoms with Gasteiger partial charge in [0.2, 0.25) is 0 Å². The van der Waals surface area contributed by atoms with Gasteiger partial charge in [-0.25, -0.2) is 0 Å². The van der Waals surface area contributed by atoms with Crippen LogP contribution in [0.25, 0.3) is 0 Å². The largest absolute Gasteiger partial charge is 0.497 e. The van der Waals surface area contributed by atoms with Crippen LogP contribution in [0.1, 0.15) is 38.5 Å². The van der Waals surface area contributed by atoms with Crippen LogP contribution in [0.3, 0.4) is 0 Å². The van der Waals surface area contributed by atoms with Crippen LogP contribution in [0.15, 0.2) is 11.8 Å². The Kier molecular flexibility index (Phi) is 4.64. The van der Waals surface area contributed by atoms with Crippen LogP contribution >= 0.6 is 0 Å².